The van der Waals surface area contributed by atoms with Crippen LogP contribution >= 0.6 is 0 Å². The monoisotopic (exact) mass is 509 g/mol. The fourth-order valence-electron chi connectivity index (χ4n) is 5.03. The highest BCUT2D eigenvalue weighted by Crippen LogP contribution is 2.28. The summed E-state index contributed by atoms with van der Waals surface area (Å²) in [7, 11) is 1.65. The van der Waals surface area contributed by atoms with Crippen LogP contribution in [-0.2, 0) is 4.74 Å². The summed E-state index contributed by atoms with van der Waals surface area (Å²) in [4.78, 5) is 21.0. The van der Waals surface area contributed by atoms with E-state index < -0.39 is 0 Å². The number of aromatic nitrogens is 1. The molecule has 0 radical (unpaired) electrons. The minimum absolute atomic E-state index is 0.0648. The second kappa shape index (κ2) is 11.8. The van der Waals surface area contributed by atoms with Gasteiger partial charge in [-0.3, -0.25) is 9.69 Å². The predicted octanol–water partition coefficient (Wildman–Crippen LogP) is 5.84. The molecule has 1 atom stereocenters. The maximum atomic E-state index is 13.7. The standard InChI is InChI=1S/C32H35N3O3/c1-22(2)23-11-13-24(14-12-23)31(35-15-17-38-18-16-35)21-33-32(36)28-20-30(25-7-6-8-26(19-25)37-3)34-29-10-5-4-9-27(28)29/h4-14,19-20,22,31H,15-18,21H2,1-3H3,(H,33,36)/t31-/m0/s1. The van der Waals surface area contributed by atoms with Gasteiger partial charge >= 0.3 is 0 Å². The Morgan fingerprint density at radius 1 is 0.974 bits per heavy atom. The molecule has 0 aliphatic carbocycles. The third-order valence-corrected chi connectivity index (χ3v) is 7.26. The Balaban J connectivity index is 1.44. The number of benzene rings is 3. The SMILES string of the molecule is COc1cccc(-c2cc(C(=O)NC[C@@H](c3ccc(C(C)C)cc3)N3CCOCC3)c3ccccc3n2)c1. The molecule has 4 aromatic rings. The fraction of sp³-hybridized carbons (Fsp3) is 0.312. The zero-order valence-electron chi connectivity index (χ0n) is 22.3. The van der Waals surface area contributed by atoms with Crippen LogP contribution in [-0.4, -0.2) is 55.7 Å². The van der Waals surface area contributed by atoms with Crippen LogP contribution in [0.25, 0.3) is 22.2 Å². The van der Waals surface area contributed by atoms with Crippen LogP contribution < -0.4 is 10.1 Å². The third kappa shape index (κ3) is 5.72. The molecule has 6 heteroatoms. The predicted molar refractivity (Wildman–Crippen MR) is 152 cm³/mol. The lowest BCUT2D eigenvalue weighted by atomic mass is 9.98. The zero-order chi connectivity index (χ0) is 26.5. The van der Waals surface area contributed by atoms with Crippen LogP contribution in [0.3, 0.4) is 0 Å². The molecule has 3 aromatic carbocycles. The van der Waals surface area contributed by atoms with E-state index in [0.29, 0.717) is 31.2 Å². The molecule has 1 aromatic heterocycles. The molecule has 196 valence electrons. The summed E-state index contributed by atoms with van der Waals surface area (Å²) >= 11 is 0. The van der Waals surface area contributed by atoms with E-state index in [9.17, 15) is 4.79 Å². The number of nitrogens with zero attached hydrogens (tertiary/aromatic N) is 2. The van der Waals surface area contributed by atoms with Crippen LogP contribution in [0.4, 0.5) is 0 Å². The first kappa shape index (κ1) is 25.9. The highest BCUT2D eigenvalue weighted by molar-refractivity contribution is 6.07. The van der Waals surface area contributed by atoms with Crippen LogP contribution in [0.15, 0.2) is 78.9 Å². The molecule has 1 saturated heterocycles. The minimum atomic E-state index is -0.107. The molecule has 6 nitrogen and oxygen atoms in total. The van der Waals surface area contributed by atoms with Crippen molar-refractivity contribution in [3.63, 3.8) is 0 Å². The van der Waals surface area contributed by atoms with Crippen LogP contribution in [0, 0.1) is 0 Å². The van der Waals surface area contributed by atoms with Gasteiger partial charge < -0.3 is 14.8 Å². The van der Waals surface area contributed by atoms with Gasteiger partial charge in [-0.25, -0.2) is 4.98 Å². The summed E-state index contributed by atoms with van der Waals surface area (Å²) < 4.78 is 11.0. The molecule has 1 fully saturated rings. The third-order valence-electron chi connectivity index (χ3n) is 7.26. The fourth-order valence-corrected chi connectivity index (χ4v) is 5.03. The van der Waals surface area contributed by atoms with E-state index in [1.165, 1.54) is 11.1 Å². The number of amides is 1. The quantitative estimate of drug-likeness (QED) is 0.323. The van der Waals surface area contributed by atoms with Gasteiger partial charge in [0.25, 0.3) is 5.91 Å². The van der Waals surface area contributed by atoms with Crippen molar-refractivity contribution in [2.75, 3.05) is 40.0 Å². The van der Waals surface area contributed by atoms with E-state index in [2.05, 4.69) is 48.3 Å². The van der Waals surface area contributed by atoms with Crippen molar-refractivity contribution < 1.29 is 14.3 Å². The Labute approximate surface area is 224 Å². The summed E-state index contributed by atoms with van der Waals surface area (Å²) in [6, 6.07) is 26.3. The number of hydrogen-bond acceptors (Lipinski definition) is 5. The number of morpholine rings is 1. The number of carbonyl (C=O) groups is 1. The lowest BCUT2D eigenvalue weighted by Gasteiger charge is -2.35. The summed E-state index contributed by atoms with van der Waals surface area (Å²) in [6.45, 7) is 7.99. The van der Waals surface area contributed by atoms with Gasteiger partial charge in [0.1, 0.15) is 5.75 Å². The number of rotatable bonds is 8. The normalized spacial score (nSPS) is 14.9. The summed E-state index contributed by atoms with van der Waals surface area (Å²) in [5.41, 5.74) is 5.55. The Morgan fingerprint density at radius 2 is 1.71 bits per heavy atom. The van der Waals surface area contributed by atoms with E-state index in [-0.39, 0.29) is 11.9 Å². The van der Waals surface area contributed by atoms with E-state index in [4.69, 9.17) is 14.5 Å². The second-order valence-corrected chi connectivity index (χ2v) is 10.00. The average Bonchev–Trinajstić information content (AvgIpc) is 2.97. The number of nitrogens with one attached hydrogen (secondary N) is 1. The molecule has 0 saturated carbocycles. The van der Waals surface area contributed by atoms with Crippen molar-refractivity contribution in [3.8, 4) is 17.0 Å². The van der Waals surface area contributed by atoms with Crippen LogP contribution in [0.1, 0.15) is 47.3 Å². The number of methoxy groups -OCH3 is 1. The van der Waals surface area contributed by atoms with Crippen LogP contribution in [0.5, 0.6) is 5.75 Å². The van der Waals surface area contributed by atoms with Gasteiger partial charge in [0, 0.05) is 30.6 Å². The maximum Gasteiger partial charge on any atom is 0.252 e. The number of fused-ring (bicyclic) bond motifs is 1. The van der Waals surface area contributed by atoms with Gasteiger partial charge in [-0.15, -0.1) is 0 Å². The van der Waals surface area contributed by atoms with E-state index in [1.54, 1.807) is 7.11 Å². The van der Waals surface area contributed by atoms with Crippen molar-refractivity contribution in [1.29, 1.82) is 0 Å². The molecule has 5 rings (SSSR count). The summed E-state index contributed by atoms with van der Waals surface area (Å²) in [5, 5.41) is 4.09. The number of carbonyl (C=O) groups excluding carboxylic acids is 1. The molecule has 38 heavy (non-hydrogen) atoms. The number of pyridine rings is 1. The van der Waals surface area contributed by atoms with Crippen molar-refractivity contribution in [2.45, 2.75) is 25.8 Å². The van der Waals surface area contributed by atoms with Crippen molar-refractivity contribution in [2.24, 2.45) is 0 Å². The first-order chi connectivity index (χ1) is 18.5. The number of para-hydroxylation sites is 1. The van der Waals surface area contributed by atoms with Gasteiger partial charge in [-0.1, -0.05) is 68.4 Å². The molecule has 1 aliphatic heterocycles. The van der Waals surface area contributed by atoms with E-state index >= 15 is 0 Å². The first-order valence-electron chi connectivity index (χ1n) is 13.3. The smallest absolute Gasteiger partial charge is 0.252 e. The lowest BCUT2D eigenvalue weighted by molar-refractivity contribution is 0.0162. The molecule has 0 bridgehead atoms. The molecule has 1 N–H and O–H groups in total. The molecule has 1 aliphatic rings. The molecule has 0 spiro atoms. The van der Waals surface area contributed by atoms with Crippen LogP contribution in [0.2, 0.25) is 0 Å². The number of hydrogen-bond donors (Lipinski definition) is 1. The van der Waals surface area contributed by atoms with Crippen molar-refractivity contribution >= 4 is 16.8 Å². The highest BCUT2D eigenvalue weighted by atomic mass is 16.5. The minimum Gasteiger partial charge on any atom is -0.497 e. The second-order valence-electron chi connectivity index (χ2n) is 10.00. The Bertz CT molecular complexity index is 1400. The van der Waals surface area contributed by atoms with Gasteiger partial charge in [0.2, 0.25) is 0 Å². The molecule has 2 heterocycles. The van der Waals surface area contributed by atoms with Gasteiger partial charge in [-0.2, -0.15) is 0 Å². The average molecular weight is 510 g/mol. The molecule has 1 amide bonds. The highest BCUT2D eigenvalue weighted by Gasteiger charge is 2.24. The topological polar surface area (TPSA) is 63.7 Å². The zero-order valence-corrected chi connectivity index (χ0v) is 22.3. The molecular weight excluding hydrogens is 474 g/mol. The maximum absolute atomic E-state index is 13.7. The largest absolute Gasteiger partial charge is 0.497 e. The number of ether oxygens (including phenoxy) is 2. The molecular formula is C32H35N3O3. The summed E-state index contributed by atoms with van der Waals surface area (Å²) in [5.74, 6) is 1.12. The Morgan fingerprint density at radius 3 is 2.45 bits per heavy atom. The van der Waals surface area contributed by atoms with Gasteiger partial charge in [0.05, 0.1) is 43.1 Å². The summed E-state index contributed by atoms with van der Waals surface area (Å²) in [6.07, 6.45) is 0. The van der Waals surface area contributed by atoms with Crippen molar-refractivity contribution in [1.82, 2.24) is 15.2 Å². The van der Waals surface area contributed by atoms with E-state index in [1.807, 2.05) is 54.6 Å². The molecule has 0 unspecified atom stereocenters. The van der Waals surface area contributed by atoms with E-state index in [0.717, 1.165) is 41.0 Å². The van der Waals surface area contributed by atoms with Gasteiger partial charge in [0.15, 0.2) is 0 Å². The Kier molecular flexibility index (Phi) is 8.01. The first-order valence-corrected chi connectivity index (χ1v) is 13.3. The van der Waals surface area contributed by atoms with Crippen molar-refractivity contribution in [3.05, 3.63) is 95.6 Å². The Hall–Kier alpha value is -3.74. The lowest BCUT2D eigenvalue weighted by Crippen LogP contribution is -2.43. The van der Waals surface area contributed by atoms with Gasteiger partial charge in [-0.05, 0) is 41.3 Å².